The van der Waals surface area contributed by atoms with Crippen LogP contribution in [0.15, 0.2) is 12.2 Å². The maximum absolute atomic E-state index is 11.9. The second kappa shape index (κ2) is 5.42. The molecular weight excluding hydrogens is 188 g/mol. The molecule has 0 amide bonds. The molecule has 1 rings (SSSR count). The van der Waals surface area contributed by atoms with Crippen LogP contribution in [0.2, 0.25) is 0 Å². The number of ketones is 1. The van der Waals surface area contributed by atoms with Crippen LogP contribution in [0.3, 0.4) is 0 Å². The van der Waals surface area contributed by atoms with Gasteiger partial charge in [-0.25, -0.2) is 0 Å². The predicted molar refractivity (Wildman–Crippen MR) is 63.0 cm³/mol. The minimum absolute atomic E-state index is 0.0862. The van der Waals surface area contributed by atoms with Gasteiger partial charge in [-0.2, -0.15) is 0 Å². The first-order valence-corrected chi connectivity index (χ1v) is 5.56. The van der Waals surface area contributed by atoms with Crippen molar-refractivity contribution in [2.24, 2.45) is 0 Å². The molecule has 0 aromatic heterocycles. The van der Waals surface area contributed by atoms with Gasteiger partial charge in [0.05, 0.1) is 6.04 Å². The Hall–Kier alpha value is -0.670. The Morgan fingerprint density at radius 1 is 1.33 bits per heavy atom. The Bertz CT molecular complexity index is 250. The Morgan fingerprint density at radius 2 is 2.00 bits per heavy atom. The Morgan fingerprint density at radius 3 is 2.60 bits per heavy atom. The van der Waals surface area contributed by atoms with Crippen molar-refractivity contribution >= 4 is 5.78 Å². The van der Waals surface area contributed by atoms with Crippen molar-refractivity contribution in [2.75, 3.05) is 33.7 Å². The summed E-state index contributed by atoms with van der Waals surface area (Å²) < 4.78 is 0. The molecule has 0 spiro atoms. The number of carbonyl (C=O) groups excluding carboxylic acids is 1. The summed E-state index contributed by atoms with van der Waals surface area (Å²) in [6.45, 7) is 8.72. The summed E-state index contributed by atoms with van der Waals surface area (Å²) in [5, 5.41) is 0. The van der Waals surface area contributed by atoms with Crippen LogP contribution in [0.4, 0.5) is 0 Å². The first-order chi connectivity index (χ1) is 7.00. The molecule has 0 radical (unpaired) electrons. The van der Waals surface area contributed by atoms with Crippen molar-refractivity contribution in [3.8, 4) is 0 Å². The number of nitrogens with zero attached hydrogens (tertiary/aromatic N) is 2. The largest absolute Gasteiger partial charge is 0.303 e. The van der Waals surface area contributed by atoms with E-state index < -0.39 is 0 Å². The van der Waals surface area contributed by atoms with Gasteiger partial charge in [-0.05, 0) is 27.4 Å². The van der Waals surface area contributed by atoms with Gasteiger partial charge < -0.3 is 4.90 Å². The van der Waals surface area contributed by atoms with Crippen LogP contribution in [-0.2, 0) is 4.79 Å². The normalized spacial score (nSPS) is 24.1. The Kier molecular flexibility index (Phi) is 4.48. The van der Waals surface area contributed by atoms with Gasteiger partial charge in [0.2, 0.25) is 0 Å². The summed E-state index contributed by atoms with van der Waals surface area (Å²) in [6.07, 6.45) is 1.46. The van der Waals surface area contributed by atoms with E-state index in [1.807, 2.05) is 14.0 Å². The number of piperazine rings is 1. The molecule has 1 heterocycles. The fourth-order valence-corrected chi connectivity index (χ4v) is 1.86. The van der Waals surface area contributed by atoms with Crippen LogP contribution in [0.25, 0.3) is 0 Å². The fraction of sp³-hybridized carbons (Fsp3) is 0.750. The molecule has 3 heteroatoms. The molecule has 1 unspecified atom stereocenters. The number of hydrogen-bond donors (Lipinski definition) is 0. The highest BCUT2D eigenvalue weighted by atomic mass is 16.1. The van der Waals surface area contributed by atoms with Gasteiger partial charge >= 0.3 is 0 Å². The van der Waals surface area contributed by atoms with Crippen molar-refractivity contribution in [1.82, 2.24) is 9.80 Å². The van der Waals surface area contributed by atoms with Gasteiger partial charge in [-0.1, -0.05) is 5.57 Å². The van der Waals surface area contributed by atoms with Gasteiger partial charge in [-0.3, -0.25) is 9.69 Å². The lowest BCUT2D eigenvalue weighted by atomic mass is 10.0. The zero-order chi connectivity index (χ0) is 11.4. The maximum atomic E-state index is 11.9. The zero-order valence-corrected chi connectivity index (χ0v) is 10.1. The van der Waals surface area contributed by atoms with E-state index in [0.717, 1.165) is 31.6 Å². The number of carbonyl (C=O) groups is 1. The SMILES string of the molecule is C=C(C)CCC(=O)C1CN(C)CCN1C. The second-order valence-corrected chi connectivity index (χ2v) is 4.68. The lowest BCUT2D eigenvalue weighted by Crippen LogP contribution is -2.53. The minimum Gasteiger partial charge on any atom is -0.303 e. The average Bonchev–Trinajstić information content (AvgIpc) is 2.18. The quantitative estimate of drug-likeness (QED) is 0.651. The molecule has 1 saturated heterocycles. The number of hydrogen-bond acceptors (Lipinski definition) is 3. The van der Waals surface area contributed by atoms with Crippen LogP contribution in [0, 0.1) is 0 Å². The molecule has 3 nitrogen and oxygen atoms in total. The van der Waals surface area contributed by atoms with Gasteiger partial charge in [0, 0.05) is 26.1 Å². The van der Waals surface area contributed by atoms with E-state index in [9.17, 15) is 4.79 Å². The standard InChI is InChI=1S/C12H22N2O/c1-10(2)5-6-12(15)11-9-13(3)7-8-14(11)4/h11H,1,5-9H2,2-4H3. The van der Waals surface area contributed by atoms with E-state index in [2.05, 4.69) is 23.4 Å². The average molecular weight is 210 g/mol. The number of likely N-dealkylation sites (N-methyl/N-ethyl adjacent to an activating group) is 2. The first kappa shape index (κ1) is 12.4. The van der Waals surface area contributed by atoms with Crippen LogP contribution in [-0.4, -0.2) is 55.4 Å². The van der Waals surface area contributed by atoms with E-state index in [4.69, 9.17) is 0 Å². The molecule has 0 N–H and O–H groups in total. The fourth-order valence-electron chi connectivity index (χ4n) is 1.86. The summed E-state index contributed by atoms with van der Waals surface area (Å²) >= 11 is 0. The van der Waals surface area contributed by atoms with Gasteiger partial charge in [0.25, 0.3) is 0 Å². The third kappa shape index (κ3) is 3.76. The van der Waals surface area contributed by atoms with Crippen LogP contribution in [0.5, 0.6) is 0 Å². The predicted octanol–water partition coefficient (Wildman–Crippen LogP) is 1.16. The van der Waals surface area contributed by atoms with Crippen LogP contribution in [0.1, 0.15) is 19.8 Å². The molecule has 1 atom stereocenters. The molecule has 0 saturated carbocycles. The highest BCUT2D eigenvalue weighted by Crippen LogP contribution is 2.11. The molecule has 0 aromatic rings. The number of allylic oxidation sites excluding steroid dienone is 1. The van der Waals surface area contributed by atoms with E-state index in [1.54, 1.807) is 0 Å². The van der Waals surface area contributed by atoms with Crippen molar-refractivity contribution in [1.29, 1.82) is 0 Å². The van der Waals surface area contributed by atoms with E-state index in [-0.39, 0.29) is 6.04 Å². The second-order valence-electron chi connectivity index (χ2n) is 4.68. The highest BCUT2D eigenvalue weighted by molar-refractivity contribution is 5.84. The molecule has 1 aliphatic heterocycles. The van der Waals surface area contributed by atoms with E-state index >= 15 is 0 Å². The number of rotatable bonds is 4. The smallest absolute Gasteiger partial charge is 0.151 e. The molecule has 15 heavy (non-hydrogen) atoms. The molecule has 1 fully saturated rings. The third-order valence-corrected chi connectivity index (χ3v) is 3.02. The number of Topliss-reactive ketones (excluding diaryl/α,β-unsaturated/α-hetero) is 1. The topological polar surface area (TPSA) is 23.6 Å². The highest BCUT2D eigenvalue weighted by Gasteiger charge is 2.27. The molecule has 1 aliphatic rings. The Balaban J connectivity index is 2.45. The van der Waals surface area contributed by atoms with Gasteiger partial charge in [0.15, 0.2) is 5.78 Å². The summed E-state index contributed by atoms with van der Waals surface area (Å²) in [7, 11) is 4.11. The molecule has 0 aromatic carbocycles. The maximum Gasteiger partial charge on any atom is 0.151 e. The molecule has 0 aliphatic carbocycles. The third-order valence-electron chi connectivity index (χ3n) is 3.02. The van der Waals surface area contributed by atoms with Crippen molar-refractivity contribution < 1.29 is 4.79 Å². The minimum atomic E-state index is 0.0862. The monoisotopic (exact) mass is 210 g/mol. The van der Waals surface area contributed by atoms with Crippen LogP contribution < -0.4 is 0 Å². The first-order valence-electron chi connectivity index (χ1n) is 5.56. The van der Waals surface area contributed by atoms with Crippen molar-refractivity contribution in [2.45, 2.75) is 25.8 Å². The van der Waals surface area contributed by atoms with Crippen molar-refractivity contribution in [3.63, 3.8) is 0 Å². The summed E-state index contributed by atoms with van der Waals surface area (Å²) in [5.41, 5.74) is 1.09. The molecule has 0 bridgehead atoms. The van der Waals surface area contributed by atoms with E-state index in [1.165, 1.54) is 0 Å². The molecule has 86 valence electrons. The van der Waals surface area contributed by atoms with Gasteiger partial charge in [-0.15, -0.1) is 6.58 Å². The summed E-state index contributed by atoms with van der Waals surface area (Å²) in [4.78, 5) is 16.3. The summed E-state index contributed by atoms with van der Waals surface area (Å²) in [5.74, 6) is 0.354. The van der Waals surface area contributed by atoms with Crippen molar-refractivity contribution in [3.05, 3.63) is 12.2 Å². The van der Waals surface area contributed by atoms with Crippen LogP contribution >= 0.6 is 0 Å². The summed E-state index contributed by atoms with van der Waals surface area (Å²) in [6, 6.07) is 0.0862. The molecular formula is C12H22N2O. The zero-order valence-electron chi connectivity index (χ0n) is 10.1. The van der Waals surface area contributed by atoms with Gasteiger partial charge in [0.1, 0.15) is 0 Å². The lowest BCUT2D eigenvalue weighted by molar-refractivity contribution is -0.125. The lowest BCUT2D eigenvalue weighted by Gasteiger charge is -2.36. The van der Waals surface area contributed by atoms with E-state index in [0.29, 0.717) is 12.2 Å². The Labute approximate surface area is 92.7 Å².